The van der Waals surface area contributed by atoms with Crippen LogP contribution in [0, 0.1) is 0 Å². The van der Waals surface area contributed by atoms with Crippen LogP contribution in [0.25, 0.3) is 0 Å². The zero-order valence-corrected chi connectivity index (χ0v) is 10.1. The first-order valence-corrected chi connectivity index (χ1v) is 6.63. The molecule has 2 N–H and O–H groups in total. The third-order valence-electron chi connectivity index (χ3n) is 3.78. The lowest BCUT2D eigenvalue weighted by atomic mass is 10.0. The summed E-state index contributed by atoms with van der Waals surface area (Å²) in [7, 11) is 0. The second-order valence-corrected chi connectivity index (χ2v) is 5.18. The number of aromatic nitrogens is 2. The number of likely N-dealkylation sites (tertiary alicyclic amines) is 1. The van der Waals surface area contributed by atoms with E-state index in [0.29, 0.717) is 12.0 Å². The predicted molar refractivity (Wildman–Crippen MR) is 63.4 cm³/mol. The van der Waals surface area contributed by atoms with Crippen molar-refractivity contribution in [2.45, 2.75) is 50.6 Å². The van der Waals surface area contributed by atoms with Crippen LogP contribution in [0.4, 0.5) is 0 Å². The van der Waals surface area contributed by atoms with Gasteiger partial charge in [0.1, 0.15) is 0 Å². The lowest BCUT2D eigenvalue weighted by Crippen LogP contribution is -2.43. The van der Waals surface area contributed by atoms with Gasteiger partial charge in [0.25, 0.3) is 0 Å². The minimum Gasteiger partial charge on any atom is -0.339 e. The lowest BCUT2D eigenvalue weighted by Gasteiger charge is -2.33. The number of nitrogens with zero attached hydrogens (tertiary/aromatic N) is 3. The highest BCUT2D eigenvalue weighted by atomic mass is 16.5. The highest BCUT2D eigenvalue weighted by Crippen LogP contribution is 2.38. The van der Waals surface area contributed by atoms with Crippen LogP contribution in [0.15, 0.2) is 4.52 Å². The van der Waals surface area contributed by atoms with E-state index < -0.39 is 0 Å². The Morgan fingerprint density at radius 1 is 1.29 bits per heavy atom. The summed E-state index contributed by atoms with van der Waals surface area (Å²) in [6, 6.07) is 0.492. The molecule has 2 aliphatic rings. The average molecular weight is 236 g/mol. The molecule has 0 spiro atoms. The predicted octanol–water partition coefficient (Wildman–Crippen LogP) is 1.26. The molecule has 1 aromatic rings. The standard InChI is InChI=1S/C12H20N4O/c13-7-10-3-1-2-6-16(10)8-11-14-12(17-15-11)9-4-5-9/h9-10H,1-8,13H2. The van der Waals surface area contributed by atoms with E-state index in [9.17, 15) is 0 Å². The molecule has 1 atom stereocenters. The molecular weight excluding hydrogens is 216 g/mol. The van der Waals surface area contributed by atoms with Gasteiger partial charge in [0.2, 0.25) is 5.89 Å². The van der Waals surface area contributed by atoms with Gasteiger partial charge in [0.15, 0.2) is 5.82 Å². The maximum atomic E-state index is 5.80. The lowest BCUT2D eigenvalue weighted by molar-refractivity contribution is 0.140. The molecule has 0 aromatic carbocycles. The summed E-state index contributed by atoms with van der Waals surface area (Å²) in [5.74, 6) is 2.21. The minimum atomic E-state index is 0.492. The quantitative estimate of drug-likeness (QED) is 0.852. The van der Waals surface area contributed by atoms with E-state index in [0.717, 1.165) is 31.3 Å². The molecule has 2 fully saturated rings. The molecule has 1 aliphatic heterocycles. The number of hydrogen-bond acceptors (Lipinski definition) is 5. The van der Waals surface area contributed by atoms with E-state index >= 15 is 0 Å². The molecule has 1 unspecified atom stereocenters. The first kappa shape index (κ1) is 11.2. The van der Waals surface area contributed by atoms with Gasteiger partial charge in [-0.15, -0.1) is 0 Å². The van der Waals surface area contributed by atoms with E-state index in [2.05, 4.69) is 15.0 Å². The van der Waals surface area contributed by atoms with E-state index in [1.54, 1.807) is 0 Å². The monoisotopic (exact) mass is 236 g/mol. The van der Waals surface area contributed by atoms with Crippen molar-refractivity contribution >= 4 is 0 Å². The van der Waals surface area contributed by atoms with Gasteiger partial charge in [-0.3, -0.25) is 4.90 Å². The van der Waals surface area contributed by atoms with E-state index in [-0.39, 0.29) is 0 Å². The van der Waals surface area contributed by atoms with Crippen LogP contribution in [0.1, 0.15) is 49.7 Å². The summed E-state index contributed by atoms with van der Waals surface area (Å²) in [6.45, 7) is 2.63. The molecule has 2 heterocycles. The van der Waals surface area contributed by atoms with Crippen molar-refractivity contribution in [3.63, 3.8) is 0 Å². The summed E-state index contributed by atoms with van der Waals surface area (Å²) in [6.07, 6.45) is 6.15. The molecule has 5 heteroatoms. The maximum Gasteiger partial charge on any atom is 0.229 e. The van der Waals surface area contributed by atoms with E-state index in [1.165, 1.54) is 32.1 Å². The van der Waals surface area contributed by atoms with Crippen molar-refractivity contribution in [1.82, 2.24) is 15.0 Å². The fourth-order valence-corrected chi connectivity index (χ4v) is 2.54. The molecular formula is C12H20N4O. The Labute approximate surface area is 101 Å². The Kier molecular flexibility index (Phi) is 3.11. The second kappa shape index (κ2) is 4.74. The Balaban J connectivity index is 1.63. The summed E-state index contributed by atoms with van der Waals surface area (Å²) in [5.41, 5.74) is 5.80. The maximum absolute atomic E-state index is 5.80. The molecule has 5 nitrogen and oxygen atoms in total. The van der Waals surface area contributed by atoms with Crippen LogP contribution in [0.5, 0.6) is 0 Å². The zero-order valence-electron chi connectivity index (χ0n) is 10.1. The molecule has 17 heavy (non-hydrogen) atoms. The van der Waals surface area contributed by atoms with Crippen LogP contribution in [0.2, 0.25) is 0 Å². The molecule has 1 saturated carbocycles. The first-order chi connectivity index (χ1) is 8.36. The fourth-order valence-electron chi connectivity index (χ4n) is 2.54. The summed E-state index contributed by atoms with van der Waals surface area (Å²) < 4.78 is 5.28. The SMILES string of the molecule is NCC1CCCCN1Cc1noc(C2CC2)n1. The molecule has 3 rings (SSSR count). The molecule has 0 radical (unpaired) electrons. The third kappa shape index (κ3) is 2.50. The van der Waals surface area contributed by atoms with Gasteiger partial charge in [-0.05, 0) is 32.2 Å². The van der Waals surface area contributed by atoms with Crippen molar-refractivity contribution in [1.29, 1.82) is 0 Å². The van der Waals surface area contributed by atoms with Gasteiger partial charge in [-0.25, -0.2) is 0 Å². The minimum absolute atomic E-state index is 0.492. The van der Waals surface area contributed by atoms with Gasteiger partial charge < -0.3 is 10.3 Å². The number of piperidine rings is 1. The Morgan fingerprint density at radius 3 is 2.94 bits per heavy atom. The van der Waals surface area contributed by atoms with Gasteiger partial charge in [0.05, 0.1) is 6.54 Å². The Bertz CT molecular complexity index is 374. The number of hydrogen-bond donors (Lipinski definition) is 1. The van der Waals surface area contributed by atoms with Crippen molar-refractivity contribution < 1.29 is 4.52 Å². The van der Waals surface area contributed by atoms with E-state index in [1.807, 2.05) is 0 Å². The van der Waals surface area contributed by atoms with Crippen LogP contribution in [-0.4, -0.2) is 34.2 Å². The number of rotatable bonds is 4. The fraction of sp³-hybridized carbons (Fsp3) is 0.833. The molecule has 94 valence electrons. The average Bonchev–Trinajstić information content (AvgIpc) is 3.11. The molecule has 0 bridgehead atoms. The van der Waals surface area contributed by atoms with Gasteiger partial charge in [-0.1, -0.05) is 11.6 Å². The first-order valence-electron chi connectivity index (χ1n) is 6.63. The number of nitrogens with two attached hydrogens (primary N) is 1. The summed E-state index contributed by atoms with van der Waals surface area (Å²) in [4.78, 5) is 6.87. The van der Waals surface area contributed by atoms with Crippen molar-refractivity contribution in [2.75, 3.05) is 13.1 Å². The summed E-state index contributed by atoms with van der Waals surface area (Å²) in [5, 5.41) is 4.07. The Hall–Kier alpha value is -0.940. The van der Waals surface area contributed by atoms with Crippen molar-refractivity contribution in [3.8, 4) is 0 Å². The van der Waals surface area contributed by atoms with E-state index in [4.69, 9.17) is 10.3 Å². The van der Waals surface area contributed by atoms with Crippen LogP contribution in [0.3, 0.4) is 0 Å². The van der Waals surface area contributed by atoms with Crippen molar-refractivity contribution in [2.24, 2.45) is 5.73 Å². The van der Waals surface area contributed by atoms with Gasteiger partial charge in [-0.2, -0.15) is 4.98 Å². The highest BCUT2D eigenvalue weighted by Gasteiger charge is 2.30. The Morgan fingerprint density at radius 2 is 2.18 bits per heavy atom. The van der Waals surface area contributed by atoms with Crippen LogP contribution >= 0.6 is 0 Å². The normalized spacial score (nSPS) is 26.3. The van der Waals surface area contributed by atoms with Gasteiger partial charge >= 0.3 is 0 Å². The van der Waals surface area contributed by atoms with Crippen LogP contribution in [-0.2, 0) is 6.54 Å². The highest BCUT2D eigenvalue weighted by molar-refractivity contribution is 5.02. The third-order valence-corrected chi connectivity index (χ3v) is 3.78. The topological polar surface area (TPSA) is 68.2 Å². The molecule has 1 saturated heterocycles. The molecule has 1 aromatic heterocycles. The summed E-state index contributed by atoms with van der Waals surface area (Å²) >= 11 is 0. The van der Waals surface area contributed by atoms with Crippen molar-refractivity contribution in [3.05, 3.63) is 11.7 Å². The second-order valence-electron chi connectivity index (χ2n) is 5.18. The largest absolute Gasteiger partial charge is 0.339 e. The molecule has 1 aliphatic carbocycles. The zero-order chi connectivity index (χ0) is 11.7. The molecule has 0 amide bonds. The van der Waals surface area contributed by atoms with Gasteiger partial charge in [0, 0.05) is 18.5 Å². The smallest absolute Gasteiger partial charge is 0.229 e. The van der Waals surface area contributed by atoms with Crippen LogP contribution < -0.4 is 5.73 Å².